The summed E-state index contributed by atoms with van der Waals surface area (Å²) in [7, 11) is 1.93. The van der Waals surface area contributed by atoms with Crippen LogP contribution in [0.1, 0.15) is 35.5 Å². The minimum atomic E-state index is 0.190. The molecule has 22 heavy (non-hydrogen) atoms. The summed E-state index contributed by atoms with van der Waals surface area (Å²) < 4.78 is 1.90. The lowest BCUT2D eigenvalue weighted by atomic mass is 10.1. The molecule has 3 aromatic rings. The quantitative estimate of drug-likeness (QED) is 0.763. The Kier molecular flexibility index (Phi) is 3.98. The van der Waals surface area contributed by atoms with Crippen molar-refractivity contribution in [3.8, 4) is 0 Å². The number of nitrogens with one attached hydrogen (secondary N) is 2. The predicted molar refractivity (Wildman–Crippen MR) is 91.2 cm³/mol. The molecule has 1 atom stereocenters. The number of aromatic nitrogens is 3. The summed E-state index contributed by atoms with van der Waals surface area (Å²) in [5, 5.41) is 5.35. The van der Waals surface area contributed by atoms with E-state index in [-0.39, 0.29) is 6.04 Å². The van der Waals surface area contributed by atoms with Crippen LogP contribution in [0.3, 0.4) is 0 Å². The largest absolute Gasteiger partial charge is 0.358 e. The molecule has 0 spiro atoms. The number of imidazole rings is 1. The molecule has 116 valence electrons. The first-order chi connectivity index (χ1) is 10.5. The van der Waals surface area contributed by atoms with Gasteiger partial charge in [0, 0.05) is 36.2 Å². The fraction of sp³-hybridized carbons (Fsp3) is 0.353. The van der Waals surface area contributed by atoms with Gasteiger partial charge in [0.05, 0.1) is 11.9 Å². The van der Waals surface area contributed by atoms with Crippen molar-refractivity contribution < 1.29 is 0 Å². The highest BCUT2D eigenvalue weighted by Crippen LogP contribution is 2.23. The van der Waals surface area contributed by atoms with E-state index in [2.05, 4.69) is 54.3 Å². The third-order valence-electron chi connectivity index (χ3n) is 4.40. The van der Waals surface area contributed by atoms with E-state index in [0.717, 1.165) is 12.2 Å². The number of hydrogen-bond donors (Lipinski definition) is 2. The Labute approximate surface area is 135 Å². The van der Waals surface area contributed by atoms with Crippen LogP contribution in [0.2, 0.25) is 5.28 Å². The zero-order chi connectivity index (χ0) is 15.9. The molecule has 2 N–H and O–H groups in total. The van der Waals surface area contributed by atoms with Gasteiger partial charge in [-0.15, -0.1) is 0 Å². The van der Waals surface area contributed by atoms with E-state index in [1.807, 2.05) is 17.8 Å². The average Bonchev–Trinajstić information content (AvgIpc) is 2.98. The van der Waals surface area contributed by atoms with Crippen molar-refractivity contribution in [3.05, 3.63) is 52.2 Å². The Bertz CT molecular complexity index is 816. The monoisotopic (exact) mass is 316 g/mol. The molecule has 0 amide bonds. The standard InChI is InChI=1S/C17H21ClN4/c1-10-11(2)21-15-6-5-13(7-14(10)15)8-19-12(3)16-9-20-17(18)22(16)4/h5-7,9,12,19,21H,8H2,1-4H3. The van der Waals surface area contributed by atoms with Crippen molar-refractivity contribution in [1.82, 2.24) is 19.9 Å². The van der Waals surface area contributed by atoms with Crippen molar-refractivity contribution >= 4 is 22.5 Å². The van der Waals surface area contributed by atoms with E-state index < -0.39 is 0 Å². The van der Waals surface area contributed by atoms with Gasteiger partial charge in [-0.3, -0.25) is 0 Å². The summed E-state index contributed by atoms with van der Waals surface area (Å²) in [5.41, 5.74) is 6.11. The Morgan fingerprint density at radius 2 is 2.14 bits per heavy atom. The summed E-state index contributed by atoms with van der Waals surface area (Å²) in [5.74, 6) is 0. The molecule has 0 aliphatic heterocycles. The molecule has 3 rings (SSSR count). The van der Waals surface area contributed by atoms with Gasteiger partial charge in [0.1, 0.15) is 0 Å². The van der Waals surface area contributed by atoms with Gasteiger partial charge in [-0.2, -0.15) is 0 Å². The highest BCUT2D eigenvalue weighted by Gasteiger charge is 2.12. The van der Waals surface area contributed by atoms with E-state index in [1.54, 1.807) is 0 Å². The van der Waals surface area contributed by atoms with Gasteiger partial charge in [-0.1, -0.05) is 6.07 Å². The molecule has 0 radical (unpaired) electrons. The Hall–Kier alpha value is -1.78. The van der Waals surface area contributed by atoms with E-state index in [9.17, 15) is 0 Å². The molecule has 2 heterocycles. The number of hydrogen-bond acceptors (Lipinski definition) is 2. The van der Waals surface area contributed by atoms with E-state index in [1.165, 1.54) is 27.7 Å². The fourth-order valence-corrected chi connectivity index (χ4v) is 2.94. The summed E-state index contributed by atoms with van der Waals surface area (Å²) in [6.45, 7) is 7.20. The zero-order valence-corrected chi connectivity index (χ0v) is 14.1. The van der Waals surface area contributed by atoms with Gasteiger partial charge in [-0.25, -0.2) is 4.98 Å². The third-order valence-corrected chi connectivity index (χ3v) is 4.75. The maximum atomic E-state index is 6.00. The van der Waals surface area contributed by atoms with Crippen molar-refractivity contribution in [1.29, 1.82) is 0 Å². The number of H-pyrrole nitrogens is 1. The molecular formula is C17H21ClN4. The predicted octanol–water partition coefficient (Wildman–Crippen LogP) is 4.02. The number of aromatic amines is 1. The number of rotatable bonds is 4. The molecule has 0 aliphatic rings. The van der Waals surface area contributed by atoms with Crippen molar-refractivity contribution in [2.24, 2.45) is 7.05 Å². The van der Waals surface area contributed by atoms with Crippen LogP contribution in [0.5, 0.6) is 0 Å². The van der Waals surface area contributed by atoms with Crippen molar-refractivity contribution in [2.75, 3.05) is 0 Å². The lowest BCUT2D eigenvalue weighted by molar-refractivity contribution is 0.545. The summed E-state index contributed by atoms with van der Waals surface area (Å²) in [4.78, 5) is 7.54. The molecule has 0 saturated carbocycles. The number of fused-ring (bicyclic) bond motifs is 1. The number of nitrogens with zero attached hydrogens (tertiary/aromatic N) is 2. The summed E-state index contributed by atoms with van der Waals surface area (Å²) in [6.07, 6.45) is 1.82. The normalized spacial score (nSPS) is 13.0. The van der Waals surface area contributed by atoms with Crippen molar-refractivity contribution in [2.45, 2.75) is 33.4 Å². The Balaban J connectivity index is 1.76. The minimum absolute atomic E-state index is 0.190. The maximum Gasteiger partial charge on any atom is 0.202 e. The Morgan fingerprint density at radius 3 is 2.82 bits per heavy atom. The molecular weight excluding hydrogens is 296 g/mol. The second-order valence-corrected chi connectivity index (χ2v) is 6.21. The van der Waals surface area contributed by atoms with Gasteiger partial charge in [0.15, 0.2) is 0 Å². The van der Waals surface area contributed by atoms with Crippen LogP contribution in [0.4, 0.5) is 0 Å². The molecule has 0 saturated heterocycles. The highest BCUT2D eigenvalue weighted by atomic mass is 35.5. The molecule has 0 aliphatic carbocycles. The second-order valence-electron chi connectivity index (χ2n) is 5.87. The smallest absolute Gasteiger partial charge is 0.202 e. The number of aryl methyl sites for hydroxylation is 2. The minimum Gasteiger partial charge on any atom is -0.358 e. The summed E-state index contributed by atoms with van der Waals surface area (Å²) >= 11 is 6.00. The number of halogens is 1. The summed E-state index contributed by atoms with van der Waals surface area (Å²) in [6, 6.07) is 6.75. The SMILES string of the molecule is Cc1[nH]c2ccc(CNC(C)c3cnc(Cl)n3C)cc2c1C. The second kappa shape index (κ2) is 5.78. The topological polar surface area (TPSA) is 45.6 Å². The van der Waals surface area contributed by atoms with E-state index in [4.69, 9.17) is 11.6 Å². The van der Waals surface area contributed by atoms with Crippen LogP contribution < -0.4 is 5.32 Å². The van der Waals surface area contributed by atoms with Crippen LogP contribution >= 0.6 is 11.6 Å². The van der Waals surface area contributed by atoms with Gasteiger partial charge in [0.25, 0.3) is 0 Å². The molecule has 1 unspecified atom stereocenters. The van der Waals surface area contributed by atoms with E-state index in [0.29, 0.717) is 5.28 Å². The van der Waals surface area contributed by atoms with Gasteiger partial charge >= 0.3 is 0 Å². The van der Waals surface area contributed by atoms with Crippen LogP contribution in [0.25, 0.3) is 10.9 Å². The fourth-order valence-electron chi connectivity index (χ4n) is 2.80. The maximum absolute atomic E-state index is 6.00. The Morgan fingerprint density at radius 1 is 1.36 bits per heavy atom. The zero-order valence-electron chi connectivity index (χ0n) is 13.4. The first-order valence-electron chi connectivity index (χ1n) is 7.45. The molecule has 1 aromatic carbocycles. The average molecular weight is 317 g/mol. The van der Waals surface area contributed by atoms with Crippen LogP contribution in [-0.4, -0.2) is 14.5 Å². The lowest BCUT2D eigenvalue weighted by Gasteiger charge is -2.14. The number of benzene rings is 1. The molecule has 0 bridgehead atoms. The van der Waals surface area contributed by atoms with Gasteiger partial charge in [0.2, 0.25) is 5.28 Å². The molecule has 5 heteroatoms. The lowest BCUT2D eigenvalue weighted by Crippen LogP contribution is -2.20. The van der Waals surface area contributed by atoms with Crippen LogP contribution in [0.15, 0.2) is 24.4 Å². The van der Waals surface area contributed by atoms with Crippen molar-refractivity contribution in [3.63, 3.8) is 0 Å². The van der Waals surface area contributed by atoms with Crippen LogP contribution in [-0.2, 0) is 13.6 Å². The van der Waals surface area contributed by atoms with E-state index >= 15 is 0 Å². The third kappa shape index (κ3) is 2.64. The first-order valence-corrected chi connectivity index (χ1v) is 7.83. The molecule has 4 nitrogen and oxygen atoms in total. The first kappa shape index (κ1) is 15.1. The molecule has 0 fully saturated rings. The van der Waals surface area contributed by atoms with Gasteiger partial charge < -0.3 is 14.9 Å². The highest BCUT2D eigenvalue weighted by molar-refractivity contribution is 6.28. The van der Waals surface area contributed by atoms with Crippen LogP contribution in [0, 0.1) is 13.8 Å². The molecule has 2 aromatic heterocycles. The van der Waals surface area contributed by atoms with Gasteiger partial charge in [-0.05, 0) is 55.6 Å².